The highest BCUT2D eigenvalue weighted by atomic mass is 127. The molecule has 86 valence electrons. The summed E-state index contributed by atoms with van der Waals surface area (Å²) in [5.41, 5.74) is 8.03. The molecule has 0 aliphatic carbocycles. The topological polar surface area (TPSA) is 43.1 Å². The lowest BCUT2D eigenvalue weighted by molar-refractivity contribution is 0.100. The van der Waals surface area contributed by atoms with E-state index in [1.807, 2.05) is 42.5 Å². The number of carbonyl (C=O) groups is 1. The molecule has 0 aliphatic heterocycles. The van der Waals surface area contributed by atoms with Gasteiger partial charge in [-0.25, -0.2) is 0 Å². The smallest absolute Gasteiger partial charge is 0.248 e. The fourth-order valence-corrected chi connectivity index (χ4v) is 2.81. The largest absolute Gasteiger partial charge is 0.366 e. The van der Waals surface area contributed by atoms with Gasteiger partial charge in [0.15, 0.2) is 0 Å². The minimum absolute atomic E-state index is 0.392. The van der Waals surface area contributed by atoms with Crippen molar-refractivity contribution in [2.24, 2.45) is 5.73 Å². The van der Waals surface area contributed by atoms with Gasteiger partial charge in [-0.2, -0.15) is 0 Å². The third-order valence-corrected chi connectivity index (χ3v) is 5.44. The maximum absolute atomic E-state index is 11.3. The lowest BCUT2D eigenvalue weighted by Crippen LogP contribution is -2.11. The zero-order chi connectivity index (χ0) is 12.4. The molecule has 0 radical (unpaired) electrons. The van der Waals surface area contributed by atoms with Crippen LogP contribution in [0.4, 0.5) is 0 Å². The standard InChI is InChI=1S/C13H9I2NO/c14-11-7-9(13(16)17)6-10(12(11)15)8-4-2-1-3-5-8/h1-7H,(H2,16,17). The van der Waals surface area contributed by atoms with Gasteiger partial charge >= 0.3 is 0 Å². The Bertz CT molecular complexity index is 567. The lowest BCUT2D eigenvalue weighted by atomic mass is 10.0. The molecule has 0 saturated carbocycles. The van der Waals surface area contributed by atoms with Crippen LogP contribution in [-0.2, 0) is 0 Å². The fraction of sp³-hybridized carbons (Fsp3) is 0. The summed E-state index contributed by atoms with van der Waals surface area (Å²) in [5, 5.41) is 0. The highest BCUT2D eigenvalue weighted by molar-refractivity contribution is 14.1. The predicted octanol–water partition coefficient (Wildman–Crippen LogP) is 3.66. The molecule has 1 amide bonds. The van der Waals surface area contributed by atoms with Crippen molar-refractivity contribution in [1.29, 1.82) is 0 Å². The van der Waals surface area contributed by atoms with Crippen molar-refractivity contribution in [1.82, 2.24) is 0 Å². The van der Waals surface area contributed by atoms with Gasteiger partial charge in [-0.05, 0) is 68.4 Å². The third kappa shape index (κ3) is 2.79. The second-order valence-electron chi connectivity index (χ2n) is 3.55. The Balaban J connectivity index is 2.65. The summed E-state index contributed by atoms with van der Waals surface area (Å²) in [6.45, 7) is 0. The first-order valence-electron chi connectivity index (χ1n) is 4.94. The summed E-state index contributed by atoms with van der Waals surface area (Å²) >= 11 is 4.51. The van der Waals surface area contributed by atoms with Crippen LogP contribution in [0.1, 0.15) is 10.4 Å². The van der Waals surface area contributed by atoms with Gasteiger partial charge in [0.2, 0.25) is 5.91 Å². The molecule has 4 heteroatoms. The Morgan fingerprint density at radius 3 is 2.29 bits per heavy atom. The molecule has 0 heterocycles. The Kier molecular flexibility index (Phi) is 4.03. The Morgan fingerprint density at radius 2 is 1.71 bits per heavy atom. The molecule has 2 aromatic rings. The van der Waals surface area contributed by atoms with Gasteiger partial charge in [-0.3, -0.25) is 4.79 Å². The molecule has 2 N–H and O–H groups in total. The Labute approximate surface area is 127 Å². The van der Waals surface area contributed by atoms with Gasteiger partial charge in [-0.15, -0.1) is 0 Å². The van der Waals surface area contributed by atoms with E-state index in [1.165, 1.54) is 0 Å². The van der Waals surface area contributed by atoms with E-state index < -0.39 is 5.91 Å². The summed E-state index contributed by atoms with van der Waals surface area (Å²) in [7, 11) is 0. The normalized spacial score (nSPS) is 10.2. The first-order valence-corrected chi connectivity index (χ1v) is 7.09. The zero-order valence-electron chi connectivity index (χ0n) is 8.78. The number of hydrogen-bond donors (Lipinski definition) is 1. The van der Waals surface area contributed by atoms with Gasteiger partial charge in [0.25, 0.3) is 0 Å². The van der Waals surface area contributed by atoms with Crippen molar-refractivity contribution < 1.29 is 4.79 Å². The van der Waals surface area contributed by atoms with E-state index >= 15 is 0 Å². The molecule has 0 atom stereocenters. The van der Waals surface area contributed by atoms with Gasteiger partial charge < -0.3 is 5.73 Å². The SMILES string of the molecule is NC(=O)c1cc(I)c(I)c(-c2ccccc2)c1. The van der Waals surface area contributed by atoms with Crippen molar-refractivity contribution in [3.8, 4) is 11.1 Å². The molecule has 0 saturated heterocycles. The van der Waals surface area contributed by atoms with Gasteiger partial charge in [0.1, 0.15) is 0 Å². The summed E-state index contributed by atoms with van der Waals surface area (Å²) in [6.07, 6.45) is 0. The molecule has 2 rings (SSSR count). The molecule has 0 fully saturated rings. The molecular weight excluding hydrogens is 440 g/mol. The maximum atomic E-state index is 11.3. The Hall–Kier alpha value is -0.630. The van der Waals surface area contributed by atoms with Crippen LogP contribution in [0.25, 0.3) is 11.1 Å². The van der Waals surface area contributed by atoms with E-state index in [0.717, 1.165) is 18.3 Å². The molecule has 0 aliphatic rings. The summed E-state index contributed by atoms with van der Waals surface area (Å²) in [5.74, 6) is -0.392. The average molecular weight is 449 g/mol. The molecule has 2 aromatic carbocycles. The van der Waals surface area contributed by atoms with E-state index in [0.29, 0.717) is 5.56 Å². The van der Waals surface area contributed by atoms with E-state index in [4.69, 9.17) is 5.73 Å². The summed E-state index contributed by atoms with van der Waals surface area (Å²) in [4.78, 5) is 11.3. The third-order valence-electron chi connectivity index (χ3n) is 2.40. The van der Waals surface area contributed by atoms with Crippen LogP contribution in [0.5, 0.6) is 0 Å². The van der Waals surface area contributed by atoms with Crippen LogP contribution in [0, 0.1) is 7.14 Å². The van der Waals surface area contributed by atoms with Gasteiger partial charge in [0, 0.05) is 12.7 Å². The van der Waals surface area contributed by atoms with Gasteiger partial charge in [0.05, 0.1) is 0 Å². The number of primary amides is 1. The molecule has 17 heavy (non-hydrogen) atoms. The second kappa shape index (κ2) is 5.34. The monoisotopic (exact) mass is 449 g/mol. The molecule has 0 bridgehead atoms. The first-order chi connectivity index (χ1) is 8.09. The molecule has 0 aromatic heterocycles. The lowest BCUT2D eigenvalue weighted by Gasteiger charge is -2.08. The van der Waals surface area contributed by atoms with Crippen molar-refractivity contribution in [2.45, 2.75) is 0 Å². The van der Waals surface area contributed by atoms with E-state index in [9.17, 15) is 4.79 Å². The van der Waals surface area contributed by atoms with Crippen LogP contribution >= 0.6 is 45.2 Å². The van der Waals surface area contributed by atoms with E-state index in [2.05, 4.69) is 45.2 Å². The first kappa shape index (κ1) is 12.8. The number of rotatable bonds is 2. The molecule has 0 spiro atoms. The predicted molar refractivity (Wildman–Crippen MR) is 85.8 cm³/mol. The van der Waals surface area contributed by atoms with Gasteiger partial charge in [-0.1, -0.05) is 30.3 Å². The second-order valence-corrected chi connectivity index (χ2v) is 5.79. The van der Waals surface area contributed by atoms with Crippen LogP contribution in [0.3, 0.4) is 0 Å². The van der Waals surface area contributed by atoms with Crippen LogP contribution < -0.4 is 5.73 Å². The van der Waals surface area contributed by atoms with Crippen molar-refractivity contribution in [3.63, 3.8) is 0 Å². The van der Waals surface area contributed by atoms with Crippen LogP contribution in [-0.4, -0.2) is 5.91 Å². The number of carbonyl (C=O) groups excluding carboxylic acids is 1. The highest BCUT2D eigenvalue weighted by Gasteiger charge is 2.11. The number of benzene rings is 2. The highest BCUT2D eigenvalue weighted by Crippen LogP contribution is 2.30. The van der Waals surface area contributed by atoms with Crippen molar-refractivity contribution >= 4 is 51.1 Å². The molecule has 0 unspecified atom stereocenters. The molecule has 2 nitrogen and oxygen atoms in total. The van der Waals surface area contributed by atoms with Crippen LogP contribution in [0.2, 0.25) is 0 Å². The van der Waals surface area contributed by atoms with E-state index in [1.54, 1.807) is 0 Å². The number of nitrogens with two attached hydrogens (primary N) is 1. The number of hydrogen-bond acceptors (Lipinski definition) is 1. The Morgan fingerprint density at radius 1 is 1.06 bits per heavy atom. The fourth-order valence-electron chi connectivity index (χ4n) is 1.56. The quantitative estimate of drug-likeness (QED) is 0.700. The summed E-state index contributed by atoms with van der Waals surface area (Å²) in [6, 6.07) is 13.7. The number of halogens is 2. The maximum Gasteiger partial charge on any atom is 0.248 e. The van der Waals surface area contributed by atoms with Crippen molar-refractivity contribution in [3.05, 3.63) is 55.2 Å². The minimum Gasteiger partial charge on any atom is -0.366 e. The average Bonchev–Trinajstić information content (AvgIpc) is 2.33. The van der Waals surface area contributed by atoms with Crippen molar-refractivity contribution in [2.75, 3.05) is 0 Å². The zero-order valence-corrected chi connectivity index (χ0v) is 13.1. The number of amides is 1. The summed E-state index contributed by atoms with van der Waals surface area (Å²) < 4.78 is 2.18. The minimum atomic E-state index is -0.392. The van der Waals surface area contributed by atoms with E-state index in [-0.39, 0.29) is 0 Å². The molecular formula is C13H9I2NO. The van der Waals surface area contributed by atoms with Crippen LogP contribution in [0.15, 0.2) is 42.5 Å².